The van der Waals surface area contributed by atoms with Crippen molar-refractivity contribution in [1.29, 1.82) is 0 Å². The van der Waals surface area contributed by atoms with Gasteiger partial charge < -0.3 is 15.5 Å². The first-order chi connectivity index (χ1) is 9.88. The van der Waals surface area contributed by atoms with E-state index in [0.29, 0.717) is 11.1 Å². The van der Waals surface area contributed by atoms with Crippen molar-refractivity contribution < 1.29 is 19.8 Å². The van der Waals surface area contributed by atoms with Crippen molar-refractivity contribution in [3.63, 3.8) is 0 Å². The summed E-state index contributed by atoms with van der Waals surface area (Å²) in [4.78, 5) is 23.4. The van der Waals surface area contributed by atoms with E-state index in [2.05, 4.69) is 5.32 Å². The Balaban J connectivity index is 2.34. The maximum atomic E-state index is 12.2. The summed E-state index contributed by atoms with van der Waals surface area (Å²) >= 11 is 2.01. The van der Waals surface area contributed by atoms with E-state index in [-0.39, 0.29) is 17.0 Å². The number of aryl methyl sites for hydroxylation is 1. The number of rotatable bonds is 3. The molecule has 108 valence electrons. The number of hydrogen-bond acceptors (Lipinski definition) is 3. The molecule has 0 aliphatic carbocycles. The molecule has 0 fully saturated rings. The number of carbonyl (C=O) groups is 2. The summed E-state index contributed by atoms with van der Waals surface area (Å²) < 4.78 is 0.767. The summed E-state index contributed by atoms with van der Waals surface area (Å²) in [5.41, 5.74) is 1.25. The van der Waals surface area contributed by atoms with Crippen molar-refractivity contribution in [2.24, 2.45) is 0 Å². The van der Waals surface area contributed by atoms with E-state index in [1.165, 1.54) is 24.3 Å². The van der Waals surface area contributed by atoms with Gasteiger partial charge in [0.05, 0.1) is 11.3 Å². The van der Waals surface area contributed by atoms with Crippen LogP contribution in [0.4, 0.5) is 5.69 Å². The number of hydrogen-bond donors (Lipinski definition) is 3. The fourth-order valence-electron chi connectivity index (χ4n) is 1.89. The van der Waals surface area contributed by atoms with Crippen LogP contribution in [0.1, 0.15) is 26.3 Å². The molecule has 2 rings (SSSR count). The van der Waals surface area contributed by atoms with Crippen molar-refractivity contribution in [1.82, 2.24) is 0 Å². The zero-order chi connectivity index (χ0) is 15.6. The van der Waals surface area contributed by atoms with E-state index in [0.717, 1.165) is 3.57 Å². The highest BCUT2D eigenvalue weighted by Gasteiger charge is 2.15. The first-order valence-corrected chi connectivity index (χ1v) is 7.10. The normalized spacial score (nSPS) is 10.2. The van der Waals surface area contributed by atoms with Crippen LogP contribution in [0.5, 0.6) is 5.75 Å². The van der Waals surface area contributed by atoms with Gasteiger partial charge >= 0.3 is 5.97 Å². The molecule has 0 aliphatic heterocycles. The van der Waals surface area contributed by atoms with E-state index >= 15 is 0 Å². The molecule has 2 aromatic rings. The first kappa shape index (κ1) is 15.3. The van der Waals surface area contributed by atoms with Gasteiger partial charge in [-0.25, -0.2) is 4.79 Å². The highest BCUT2D eigenvalue weighted by molar-refractivity contribution is 14.1. The zero-order valence-electron chi connectivity index (χ0n) is 11.1. The monoisotopic (exact) mass is 397 g/mol. The Bertz CT molecular complexity index is 728. The molecule has 0 aromatic heterocycles. The molecule has 2 aromatic carbocycles. The average molecular weight is 397 g/mol. The fraction of sp³-hybridized carbons (Fsp3) is 0.0667. The number of anilines is 1. The van der Waals surface area contributed by atoms with Crippen LogP contribution in [0.15, 0.2) is 36.4 Å². The molecule has 0 heterocycles. The van der Waals surface area contributed by atoms with Crippen LogP contribution in [0.25, 0.3) is 0 Å². The highest BCUT2D eigenvalue weighted by atomic mass is 127. The maximum Gasteiger partial charge on any atom is 0.337 e. The number of benzene rings is 2. The van der Waals surface area contributed by atoms with E-state index in [1.807, 2.05) is 22.6 Å². The number of carboxylic acid groups (broad SMARTS) is 1. The minimum atomic E-state index is -1.11. The van der Waals surface area contributed by atoms with Crippen LogP contribution in [-0.4, -0.2) is 22.1 Å². The van der Waals surface area contributed by atoms with E-state index < -0.39 is 11.9 Å². The third kappa shape index (κ3) is 3.52. The van der Waals surface area contributed by atoms with Crippen LogP contribution in [0, 0.1) is 10.5 Å². The molecular weight excluding hydrogens is 385 g/mol. The minimum absolute atomic E-state index is 0.0340. The zero-order valence-corrected chi connectivity index (χ0v) is 13.2. The van der Waals surface area contributed by atoms with Crippen molar-refractivity contribution in [3.05, 3.63) is 56.7 Å². The average Bonchev–Trinajstić information content (AvgIpc) is 2.40. The lowest BCUT2D eigenvalue weighted by Gasteiger charge is -2.10. The van der Waals surface area contributed by atoms with Gasteiger partial charge in [0.2, 0.25) is 0 Å². The molecule has 1 amide bonds. The molecule has 0 saturated carbocycles. The van der Waals surface area contributed by atoms with Gasteiger partial charge in [-0.05, 0) is 71.5 Å². The summed E-state index contributed by atoms with van der Waals surface area (Å²) in [5.74, 6) is -1.45. The number of aromatic carboxylic acids is 1. The molecule has 0 spiro atoms. The number of phenols is 1. The Hall–Kier alpha value is -2.09. The van der Waals surface area contributed by atoms with E-state index in [4.69, 9.17) is 0 Å². The molecule has 6 heteroatoms. The molecule has 0 saturated heterocycles. The Labute approximate surface area is 134 Å². The molecule has 0 atom stereocenters. The van der Waals surface area contributed by atoms with Gasteiger partial charge in [0.15, 0.2) is 0 Å². The molecule has 0 radical (unpaired) electrons. The van der Waals surface area contributed by atoms with Crippen LogP contribution >= 0.6 is 22.6 Å². The number of nitrogens with one attached hydrogen (secondary N) is 1. The predicted octanol–water partition coefficient (Wildman–Crippen LogP) is 3.26. The van der Waals surface area contributed by atoms with Crippen LogP contribution in [0.2, 0.25) is 0 Å². The fourth-order valence-corrected chi connectivity index (χ4v) is 2.39. The van der Waals surface area contributed by atoms with Crippen LogP contribution < -0.4 is 5.32 Å². The lowest BCUT2D eigenvalue weighted by molar-refractivity contribution is 0.0698. The smallest absolute Gasteiger partial charge is 0.337 e. The second kappa shape index (κ2) is 6.13. The van der Waals surface area contributed by atoms with Gasteiger partial charge in [0.25, 0.3) is 5.91 Å². The second-order valence-corrected chi connectivity index (χ2v) is 5.69. The second-order valence-electron chi connectivity index (χ2n) is 4.45. The van der Waals surface area contributed by atoms with Gasteiger partial charge in [-0.1, -0.05) is 0 Å². The first-order valence-electron chi connectivity index (χ1n) is 6.02. The maximum absolute atomic E-state index is 12.2. The van der Waals surface area contributed by atoms with Gasteiger partial charge in [-0.15, -0.1) is 0 Å². The van der Waals surface area contributed by atoms with E-state index in [1.54, 1.807) is 19.1 Å². The number of carbonyl (C=O) groups excluding carboxylic acids is 1. The van der Waals surface area contributed by atoms with Crippen LogP contribution in [-0.2, 0) is 0 Å². The predicted molar refractivity (Wildman–Crippen MR) is 86.9 cm³/mol. The number of phenolic OH excluding ortho intramolecular Hbond substituents is 1. The molecule has 21 heavy (non-hydrogen) atoms. The highest BCUT2D eigenvalue weighted by Crippen LogP contribution is 2.21. The molecule has 0 unspecified atom stereocenters. The molecular formula is C15H12INO4. The summed E-state index contributed by atoms with van der Waals surface area (Å²) in [6.45, 7) is 1.70. The summed E-state index contributed by atoms with van der Waals surface area (Å²) in [6, 6.07) is 9.13. The topological polar surface area (TPSA) is 86.6 Å². The number of carboxylic acids is 1. The van der Waals surface area contributed by atoms with Gasteiger partial charge in [0, 0.05) is 9.13 Å². The Morgan fingerprint density at radius 1 is 1.10 bits per heavy atom. The van der Waals surface area contributed by atoms with Gasteiger partial charge in [0.1, 0.15) is 5.75 Å². The number of aromatic hydroxyl groups is 1. The minimum Gasteiger partial charge on any atom is -0.508 e. The Morgan fingerprint density at radius 3 is 2.43 bits per heavy atom. The third-order valence-electron chi connectivity index (χ3n) is 2.91. The SMILES string of the molecule is Cc1cc(O)ccc1C(=O)Nc1ccc(I)cc1C(=O)O. The van der Waals surface area contributed by atoms with Crippen molar-refractivity contribution >= 4 is 40.2 Å². The molecule has 5 nitrogen and oxygen atoms in total. The molecule has 3 N–H and O–H groups in total. The molecule has 0 bridgehead atoms. The lowest BCUT2D eigenvalue weighted by atomic mass is 10.1. The largest absolute Gasteiger partial charge is 0.508 e. The Kier molecular flexibility index (Phi) is 4.46. The summed E-state index contributed by atoms with van der Waals surface area (Å²) in [5, 5.41) is 21.1. The van der Waals surface area contributed by atoms with Crippen molar-refractivity contribution in [2.45, 2.75) is 6.92 Å². The standard InChI is InChI=1S/C15H12INO4/c1-8-6-10(18)3-4-11(8)14(19)17-13-5-2-9(16)7-12(13)15(20)21/h2-7,18H,1H3,(H,17,19)(H,20,21). The van der Waals surface area contributed by atoms with Gasteiger partial charge in [-0.2, -0.15) is 0 Å². The van der Waals surface area contributed by atoms with Crippen LogP contribution in [0.3, 0.4) is 0 Å². The summed E-state index contributed by atoms with van der Waals surface area (Å²) in [6.07, 6.45) is 0. The summed E-state index contributed by atoms with van der Waals surface area (Å²) in [7, 11) is 0. The number of amides is 1. The number of halogens is 1. The quantitative estimate of drug-likeness (QED) is 0.695. The Morgan fingerprint density at radius 2 is 1.81 bits per heavy atom. The van der Waals surface area contributed by atoms with Crippen molar-refractivity contribution in [3.8, 4) is 5.75 Å². The van der Waals surface area contributed by atoms with Gasteiger partial charge in [-0.3, -0.25) is 4.79 Å². The van der Waals surface area contributed by atoms with E-state index in [9.17, 15) is 19.8 Å². The molecule has 0 aliphatic rings. The van der Waals surface area contributed by atoms with Crippen molar-refractivity contribution in [2.75, 3.05) is 5.32 Å². The lowest BCUT2D eigenvalue weighted by Crippen LogP contribution is -2.16. The third-order valence-corrected chi connectivity index (χ3v) is 3.59.